The van der Waals surface area contributed by atoms with E-state index in [4.69, 9.17) is 0 Å². The third-order valence-corrected chi connectivity index (χ3v) is 2.85. The highest BCUT2D eigenvalue weighted by atomic mass is 15.1. The van der Waals surface area contributed by atoms with Gasteiger partial charge in [-0.15, -0.1) is 0 Å². The number of hydrogen-bond donors (Lipinski definition) is 1. The lowest BCUT2D eigenvalue weighted by molar-refractivity contribution is 0.145. The standard InChI is InChI=1S/C13H30N2/c1-8-13(5,9-14-6)11-15(7)10-12(2,3)4/h14H,8-11H2,1-7H3. The summed E-state index contributed by atoms with van der Waals surface area (Å²) in [6.07, 6.45) is 1.22. The van der Waals surface area contributed by atoms with E-state index in [1.54, 1.807) is 0 Å². The van der Waals surface area contributed by atoms with Gasteiger partial charge in [-0.2, -0.15) is 0 Å². The molecule has 0 aliphatic carbocycles. The van der Waals surface area contributed by atoms with Crippen LogP contribution in [-0.2, 0) is 0 Å². The summed E-state index contributed by atoms with van der Waals surface area (Å²) in [6, 6.07) is 0. The molecule has 0 aliphatic heterocycles. The topological polar surface area (TPSA) is 15.3 Å². The molecule has 1 atom stereocenters. The summed E-state index contributed by atoms with van der Waals surface area (Å²) in [7, 11) is 4.27. The van der Waals surface area contributed by atoms with Crippen molar-refractivity contribution >= 4 is 0 Å². The van der Waals surface area contributed by atoms with Crippen molar-refractivity contribution in [3.63, 3.8) is 0 Å². The molecule has 0 bridgehead atoms. The first-order valence-corrected chi connectivity index (χ1v) is 6.05. The molecule has 15 heavy (non-hydrogen) atoms. The van der Waals surface area contributed by atoms with Gasteiger partial charge in [-0.3, -0.25) is 0 Å². The largest absolute Gasteiger partial charge is 0.319 e. The van der Waals surface area contributed by atoms with Crippen molar-refractivity contribution in [2.24, 2.45) is 10.8 Å². The minimum absolute atomic E-state index is 0.392. The third-order valence-electron chi connectivity index (χ3n) is 2.85. The first-order chi connectivity index (χ1) is 6.72. The Kier molecular flexibility index (Phi) is 5.82. The highest BCUT2D eigenvalue weighted by molar-refractivity contribution is 4.79. The molecule has 92 valence electrons. The van der Waals surface area contributed by atoms with E-state index in [1.807, 2.05) is 7.05 Å². The quantitative estimate of drug-likeness (QED) is 0.731. The number of hydrogen-bond acceptors (Lipinski definition) is 2. The predicted molar refractivity (Wildman–Crippen MR) is 69.3 cm³/mol. The molecule has 0 radical (unpaired) electrons. The molecule has 2 heteroatoms. The molecule has 0 aromatic carbocycles. The fourth-order valence-electron chi connectivity index (χ4n) is 2.24. The summed E-state index contributed by atoms with van der Waals surface area (Å²) >= 11 is 0. The molecule has 1 N–H and O–H groups in total. The van der Waals surface area contributed by atoms with Crippen LogP contribution in [0.4, 0.5) is 0 Å². The number of nitrogens with one attached hydrogen (secondary N) is 1. The zero-order valence-electron chi connectivity index (χ0n) is 11.8. The molecule has 0 rings (SSSR count). The maximum Gasteiger partial charge on any atom is 0.00446 e. The lowest BCUT2D eigenvalue weighted by Crippen LogP contribution is -2.42. The number of rotatable bonds is 6. The van der Waals surface area contributed by atoms with E-state index < -0.39 is 0 Å². The molecule has 2 nitrogen and oxygen atoms in total. The third kappa shape index (κ3) is 6.91. The first-order valence-electron chi connectivity index (χ1n) is 6.05. The molecule has 0 saturated carbocycles. The van der Waals surface area contributed by atoms with Crippen molar-refractivity contribution in [1.29, 1.82) is 0 Å². The first kappa shape index (κ1) is 14.9. The Hall–Kier alpha value is -0.0800. The van der Waals surface area contributed by atoms with Crippen molar-refractivity contribution < 1.29 is 0 Å². The van der Waals surface area contributed by atoms with Gasteiger partial charge in [-0.25, -0.2) is 0 Å². The molecule has 1 unspecified atom stereocenters. The van der Waals surface area contributed by atoms with Crippen molar-refractivity contribution in [1.82, 2.24) is 10.2 Å². The Morgan fingerprint density at radius 3 is 1.93 bits per heavy atom. The van der Waals surface area contributed by atoms with E-state index >= 15 is 0 Å². The Bertz CT molecular complexity index is 172. The van der Waals surface area contributed by atoms with Gasteiger partial charge < -0.3 is 10.2 Å². The van der Waals surface area contributed by atoms with Crippen LogP contribution in [-0.4, -0.2) is 38.6 Å². The van der Waals surface area contributed by atoms with E-state index in [2.05, 4.69) is 51.9 Å². The van der Waals surface area contributed by atoms with Crippen LogP contribution in [0.25, 0.3) is 0 Å². The smallest absolute Gasteiger partial charge is 0.00446 e. The van der Waals surface area contributed by atoms with Crippen LogP contribution >= 0.6 is 0 Å². The second kappa shape index (κ2) is 5.86. The van der Waals surface area contributed by atoms with E-state index in [9.17, 15) is 0 Å². The van der Waals surface area contributed by atoms with Crippen molar-refractivity contribution in [2.45, 2.75) is 41.0 Å². The van der Waals surface area contributed by atoms with Gasteiger partial charge >= 0.3 is 0 Å². The summed E-state index contributed by atoms with van der Waals surface area (Å²) < 4.78 is 0. The van der Waals surface area contributed by atoms with Gasteiger partial charge in [0, 0.05) is 19.6 Å². The SMILES string of the molecule is CCC(C)(CNC)CN(C)CC(C)(C)C. The molecule has 0 saturated heterocycles. The lowest BCUT2D eigenvalue weighted by atomic mass is 9.86. The molecule has 0 aromatic rings. The van der Waals surface area contributed by atoms with Gasteiger partial charge in [0.25, 0.3) is 0 Å². The summed E-state index contributed by atoms with van der Waals surface area (Å²) in [5.74, 6) is 0. The summed E-state index contributed by atoms with van der Waals surface area (Å²) in [6.45, 7) is 15.0. The minimum Gasteiger partial charge on any atom is -0.319 e. The molecular weight excluding hydrogens is 184 g/mol. The van der Waals surface area contributed by atoms with E-state index in [0.29, 0.717) is 10.8 Å². The van der Waals surface area contributed by atoms with Crippen LogP contribution in [0.1, 0.15) is 41.0 Å². The zero-order chi connectivity index (χ0) is 12.1. The molecular formula is C13H30N2. The van der Waals surface area contributed by atoms with Gasteiger partial charge in [0.15, 0.2) is 0 Å². The fourth-order valence-corrected chi connectivity index (χ4v) is 2.24. The van der Waals surface area contributed by atoms with E-state index in [1.165, 1.54) is 13.0 Å². The van der Waals surface area contributed by atoms with Crippen molar-refractivity contribution in [3.05, 3.63) is 0 Å². The van der Waals surface area contributed by atoms with E-state index in [-0.39, 0.29) is 0 Å². The van der Waals surface area contributed by atoms with Gasteiger partial charge in [-0.05, 0) is 31.3 Å². The normalized spacial score (nSPS) is 16.8. The van der Waals surface area contributed by atoms with Crippen LogP contribution in [0.2, 0.25) is 0 Å². The summed E-state index contributed by atoms with van der Waals surface area (Å²) in [5, 5.41) is 3.30. The molecule has 0 spiro atoms. The Morgan fingerprint density at radius 1 is 1.07 bits per heavy atom. The highest BCUT2D eigenvalue weighted by Crippen LogP contribution is 2.23. The van der Waals surface area contributed by atoms with Gasteiger partial charge in [0.05, 0.1) is 0 Å². The van der Waals surface area contributed by atoms with Gasteiger partial charge in [0.1, 0.15) is 0 Å². The number of nitrogens with zero attached hydrogens (tertiary/aromatic N) is 1. The van der Waals surface area contributed by atoms with Crippen molar-refractivity contribution in [3.8, 4) is 0 Å². The average Bonchev–Trinajstić information content (AvgIpc) is 2.00. The minimum atomic E-state index is 0.392. The van der Waals surface area contributed by atoms with Crippen molar-refractivity contribution in [2.75, 3.05) is 33.7 Å². The molecule has 0 amide bonds. The maximum absolute atomic E-state index is 3.30. The van der Waals surface area contributed by atoms with E-state index in [0.717, 1.165) is 13.1 Å². The van der Waals surface area contributed by atoms with Crippen LogP contribution in [0, 0.1) is 10.8 Å². The second-order valence-corrected chi connectivity index (χ2v) is 6.43. The Morgan fingerprint density at radius 2 is 1.60 bits per heavy atom. The Balaban J connectivity index is 4.18. The molecule has 0 aliphatic rings. The van der Waals surface area contributed by atoms with Gasteiger partial charge in [0.2, 0.25) is 0 Å². The molecule has 0 heterocycles. The monoisotopic (exact) mass is 214 g/mol. The summed E-state index contributed by atoms with van der Waals surface area (Å²) in [4.78, 5) is 2.46. The molecule has 0 aromatic heterocycles. The van der Waals surface area contributed by atoms with Crippen LogP contribution < -0.4 is 5.32 Å². The molecule has 0 fully saturated rings. The predicted octanol–water partition coefficient (Wildman–Crippen LogP) is 2.60. The van der Waals surface area contributed by atoms with Crippen LogP contribution in [0.3, 0.4) is 0 Å². The van der Waals surface area contributed by atoms with Gasteiger partial charge in [-0.1, -0.05) is 34.6 Å². The average molecular weight is 214 g/mol. The second-order valence-electron chi connectivity index (χ2n) is 6.43. The maximum atomic E-state index is 3.30. The highest BCUT2D eigenvalue weighted by Gasteiger charge is 2.24. The lowest BCUT2D eigenvalue weighted by Gasteiger charge is -2.35. The zero-order valence-corrected chi connectivity index (χ0v) is 11.8. The fraction of sp³-hybridized carbons (Fsp3) is 1.00. The van der Waals surface area contributed by atoms with Crippen LogP contribution in [0.5, 0.6) is 0 Å². The Labute approximate surface area is 96.4 Å². The van der Waals surface area contributed by atoms with Crippen LogP contribution in [0.15, 0.2) is 0 Å². The summed E-state index contributed by atoms with van der Waals surface area (Å²) in [5.41, 5.74) is 0.789.